The van der Waals surface area contributed by atoms with E-state index in [1.54, 1.807) is 26.8 Å². The number of rotatable bonds is 4. The normalized spacial score (nSPS) is 22.4. The Kier molecular flexibility index (Phi) is 6.08. The van der Waals surface area contributed by atoms with Gasteiger partial charge in [-0.25, -0.2) is 4.79 Å². The molecule has 1 aromatic rings. The van der Waals surface area contributed by atoms with Crippen LogP contribution in [0.25, 0.3) is 0 Å². The number of piperazine rings is 1. The maximum atomic E-state index is 13.5. The SMILES string of the molecule is CC(C)NC(=O)N1CCC2(C1)C(=O)N(C(C)C)CC(=O)N2Cc1ccc(Cl)cc1. The second-order valence-electron chi connectivity index (χ2n) is 8.44. The van der Waals surface area contributed by atoms with E-state index in [0.29, 0.717) is 24.5 Å². The van der Waals surface area contributed by atoms with Crippen molar-refractivity contribution in [2.45, 2.75) is 58.3 Å². The molecule has 4 amide bonds. The number of nitrogens with zero attached hydrogens (tertiary/aromatic N) is 3. The van der Waals surface area contributed by atoms with E-state index < -0.39 is 5.54 Å². The highest BCUT2D eigenvalue weighted by Crippen LogP contribution is 2.35. The van der Waals surface area contributed by atoms with Crippen molar-refractivity contribution in [3.8, 4) is 0 Å². The van der Waals surface area contributed by atoms with Crippen molar-refractivity contribution in [1.82, 2.24) is 20.0 Å². The molecule has 1 atom stereocenters. The zero-order valence-corrected chi connectivity index (χ0v) is 18.2. The van der Waals surface area contributed by atoms with Gasteiger partial charge in [-0.15, -0.1) is 0 Å². The molecule has 8 heteroatoms. The van der Waals surface area contributed by atoms with Crippen LogP contribution in [0.4, 0.5) is 4.79 Å². The van der Waals surface area contributed by atoms with E-state index >= 15 is 0 Å². The highest BCUT2D eigenvalue weighted by molar-refractivity contribution is 6.30. The monoisotopic (exact) mass is 420 g/mol. The number of likely N-dealkylation sites (tertiary alicyclic amines) is 1. The summed E-state index contributed by atoms with van der Waals surface area (Å²) in [6.45, 7) is 8.61. The smallest absolute Gasteiger partial charge is 0.317 e. The van der Waals surface area contributed by atoms with Gasteiger partial charge in [0.05, 0.1) is 6.54 Å². The quantitative estimate of drug-likeness (QED) is 0.813. The molecule has 158 valence electrons. The van der Waals surface area contributed by atoms with Crippen molar-refractivity contribution in [1.29, 1.82) is 0 Å². The number of carbonyl (C=O) groups excluding carboxylic acids is 3. The Hall–Kier alpha value is -2.28. The molecule has 2 heterocycles. The van der Waals surface area contributed by atoms with Gasteiger partial charge >= 0.3 is 6.03 Å². The second-order valence-corrected chi connectivity index (χ2v) is 8.88. The highest BCUT2D eigenvalue weighted by atomic mass is 35.5. The van der Waals surface area contributed by atoms with Gasteiger partial charge in [-0.1, -0.05) is 23.7 Å². The summed E-state index contributed by atoms with van der Waals surface area (Å²) in [5.41, 5.74) is -0.133. The molecule has 2 fully saturated rings. The molecule has 0 saturated carbocycles. The molecular formula is C21H29ClN4O3. The summed E-state index contributed by atoms with van der Waals surface area (Å²) in [5.74, 6) is -0.180. The number of hydrogen-bond acceptors (Lipinski definition) is 3. The first-order valence-electron chi connectivity index (χ1n) is 10.1. The fourth-order valence-corrected chi connectivity index (χ4v) is 4.18. The van der Waals surface area contributed by atoms with E-state index in [9.17, 15) is 14.4 Å². The van der Waals surface area contributed by atoms with Gasteiger partial charge in [0.2, 0.25) is 5.91 Å². The van der Waals surface area contributed by atoms with E-state index in [4.69, 9.17) is 11.6 Å². The summed E-state index contributed by atoms with van der Waals surface area (Å²) >= 11 is 5.98. The van der Waals surface area contributed by atoms with E-state index in [1.165, 1.54) is 0 Å². The molecule has 0 radical (unpaired) electrons. The third-order valence-electron chi connectivity index (χ3n) is 5.61. The molecule has 0 aliphatic carbocycles. The molecule has 29 heavy (non-hydrogen) atoms. The first-order valence-corrected chi connectivity index (χ1v) is 10.4. The number of nitrogens with one attached hydrogen (secondary N) is 1. The fraction of sp³-hybridized carbons (Fsp3) is 0.571. The van der Waals surface area contributed by atoms with Gasteiger partial charge in [0.25, 0.3) is 5.91 Å². The van der Waals surface area contributed by atoms with Crippen LogP contribution in [0.1, 0.15) is 39.7 Å². The van der Waals surface area contributed by atoms with Crippen molar-refractivity contribution < 1.29 is 14.4 Å². The van der Waals surface area contributed by atoms with Crippen LogP contribution in [0.2, 0.25) is 5.02 Å². The third kappa shape index (κ3) is 4.20. The van der Waals surface area contributed by atoms with E-state index in [0.717, 1.165) is 5.56 Å². The minimum atomic E-state index is -1.03. The summed E-state index contributed by atoms with van der Waals surface area (Å²) in [7, 11) is 0. The van der Waals surface area contributed by atoms with Gasteiger partial charge in [-0.05, 0) is 51.8 Å². The lowest BCUT2D eigenvalue weighted by molar-refractivity contribution is -0.166. The summed E-state index contributed by atoms with van der Waals surface area (Å²) < 4.78 is 0. The van der Waals surface area contributed by atoms with Crippen molar-refractivity contribution >= 4 is 29.4 Å². The van der Waals surface area contributed by atoms with Crippen LogP contribution < -0.4 is 5.32 Å². The largest absolute Gasteiger partial charge is 0.336 e. The minimum Gasteiger partial charge on any atom is -0.336 e. The Balaban J connectivity index is 1.92. The topological polar surface area (TPSA) is 73.0 Å². The molecule has 1 aromatic carbocycles. The van der Waals surface area contributed by atoms with Crippen molar-refractivity contribution in [3.05, 3.63) is 34.9 Å². The number of amides is 4. The second kappa shape index (κ2) is 8.22. The maximum Gasteiger partial charge on any atom is 0.317 e. The summed E-state index contributed by atoms with van der Waals surface area (Å²) in [6, 6.07) is 6.99. The molecule has 2 saturated heterocycles. The highest BCUT2D eigenvalue weighted by Gasteiger charge is 2.57. The molecule has 3 rings (SSSR count). The lowest BCUT2D eigenvalue weighted by Crippen LogP contribution is -2.70. The average Bonchev–Trinajstić information content (AvgIpc) is 3.09. The van der Waals surface area contributed by atoms with Crippen LogP contribution in [0.15, 0.2) is 24.3 Å². The molecular weight excluding hydrogens is 392 g/mol. The molecule has 1 unspecified atom stereocenters. The molecule has 0 bridgehead atoms. The average molecular weight is 421 g/mol. The lowest BCUT2D eigenvalue weighted by Gasteiger charge is -2.48. The standard InChI is InChI=1S/C21H29ClN4O3/c1-14(2)23-20(29)24-10-9-21(13-24)19(28)25(15(3)4)12-18(27)26(21)11-16-5-7-17(22)8-6-16/h5-8,14-15H,9-13H2,1-4H3,(H,23,29). The number of carbonyl (C=O) groups is 3. The van der Waals surface area contributed by atoms with E-state index in [-0.39, 0.29) is 43.0 Å². The summed E-state index contributed by atoms with van der Waals surface area (Å²) in [5, 5.41) is 3.50. The molecule has 1 N–H and O–H groups in total. The molecule has 2 aliphatic heterocycles. The minimum absolute atomic E-state index is 0.0000668. The van der Waals surface area contributed by atoms with Gasteiger partial charge in [0.15, 0.2) is 0 Å². The van der Waals surface area contributed by atoms with Gasteiger partial charge in [-0.3, -0.25) is 9.59 Å². The molecule has 1 spiro atoms. The molecule has 7 nitrogen and oxygen atoms in total. The predicted octanol–water partition coefficient (Wildman–Crippen LogP) is 2.48. The number of hydrogen-bond donors (Lipinski definition) is 1. The Labute approximate surface area is 177 Å². The Morgan fingerprint density at radius 3 is 2.41 bits per heavy atom. The van der Waals surface area contributed by atoms with Gasteiger partial charge in [0.1, 0.15) is 12.1 Å². The summed E-state index contributed by atoms with van der Waals surface area (Å²) in [6.07, 6.45) is 0.430. The fourth-order valence-electron chi connectivity index (χ4n) is 4.05. The van der Waals surface area contributed by atoms with Crippen molar-refractivity contribution in [3.63, 3.8) is 0 Å². The van der Waals surface area contributed by atoms with Crippen LogP contribution in [-0.4, -0.2) is 69.8 Å². The van der Waals surface area contributed by atoms with E-state index in [2.05, 4.69) is 5.32 Å². The Bertz CT molecular complexity index is 796. The number of halogens is 1. The van der Waals surface area contributed by atoms with Crippen LogP contribution in [0, 0.1) is 0 Å². The van der Waals surface area contributed by atoms with Crippen LogP contribution >= 0.6 is 11.6 Å². The first kappa shape index (κ1) is 21.4. The van der Waals surface area contributed by atoms with Gasteiger partial charge < -0.3 is 20.0 Å². The Morgan fingerprint density at radius 1 is 1.17 bits per heavy atom. The van der Waals surface area contributed by atoms with Crippen LogP contribution in [0.5, 0.6) is 0 Å². The van der Waals surface area contributed by atoms with Crippen molar-refractivity contribution in [2.24, 2.45) is 0 Å². The molecule has 0 aromatic heterocycles. The molecule has 2 aliphatic rings. The zero-order chi connectivity index (χ0) is 21.3. The lowest BCUT2D eigenvalue weighted by atomic mass is 9.89. The predicted molar refractivity (Wildman–Crippen MR) is 111 cm³/mol. The number of urea groups is 1. The Morgan fingerprint density at radius 2 is 1.83 bits per heavy atom. The summed E-state index contributed by atoms with van der Waals surface area (Å²) in [4.78, 5) is 44.2. The van der Waals surface area contributed by atoms with Crippen LogP contribution in [0.3, 0.4) is 0 Å². The van der Waals surface area contributed by atoms with Crippen molar-refractivity contribution in [2.75, 3.05) is 19.6 Å². The zero-order valence-electron chi connectivity index (χ0n) is 17.4. The van der Waals surface area contributed by atoms with E-state index in [1.807, 2.05) is 39.8 Å². The van der Waals surface area contributed by atoms with Gasteiger partial charge in [-0.2, -0.15) is 0 Å². The van der Waals surface area contributed by atoms with Gasteiger partial charge in [0, 0.05) is 30.2 Å². The third-order valence-corrected chi connectivity index (χ3v) is 5.86. The number of benzene rings is 1. The maximum absolute atomic E-state index is 13.5. The van der Waals surface area contributed by atoms with Crippen LogP contribution in [-0.2, 0) is 16.1 Å². The first-order chi connectivity index (χ1) is 13.6.